The van der Waals surface area contributed by atoms with Gasteiger partial charge in [-0.3, -0.25) is 4.79 Å². The van der Waals surface area contributed by atoms with E-state index in [0.29, 0.717) is 23.6 Å². The first-order valence-electron chi connectivity index (χ1n) is 7.58. The summed E-state index contributed by atoms with van der Waals surface area (Å²) in [4.78, 5) is 23.6. The van der Waals surface area contributed by atoms with Crippen LogP contribution in [0.15, 0.2) is 48.5 Å². The van der Waals surface area contributed by atoms with Gasteiger partial charge in [-0.05, 0) is 43.3 Å². The number of benzene rings is 2. The Balaban J connectivity index is 1.89. The smallest absolute Gasteiger partial charge is 0.338 e. The Bertz CT molecular complexity index is 698. The Morgan fingerprint density at radius 1 is 1.04 bits per heavy atom. The second-order valence-corrected chi connectivity index (χ2v) is 4.90. The highest BCUT2D eigenvalue weighted by Gasteiger charge is 2.08. The Labute approximate surface area is 140 Å². The van der Waals surface area contributed by atoms with Gasteiger partial charge < -0.3 is 20.1 Å². The maximum Gasteiger partial charge on any atom is 0.338 e. The Morgan fingerprint density at radius 3 is 2.42 bits per heavy atom. The summed E-state index contributed by atoms with van der Waals surface area (Å²) in [7, 11) is 1.58. The van der Waals surface area contributed by atoms with Crippen molar-refractivity contribution in [1.29, 1.82) is 0 Å². The maximum atomic E-state index is 12.0. The van der Waals surface area contributed by atoms with Crippen LogP contribution in [0, 0.1) is 0 Å². The molecule has 0 spiro atoms. The molecule has 0 unspecified atom stereocenters. The molecule has 6 nitrogen and oxygen atoms in total. The van der Waals surface area contributed by atoms with Crippen LogP contribution in [0.25, 0.3) is 0 Å². The second-order valence-electron chi connectivity index (χ2n) is 4.90. The van der Waals surface area contributed by atoms with E-state index in [4.69, 9.17) is 9.47 Å². The average Bonchev–Trinajstić information content (AvgIpc) is 2.61. The fourth-order valence-electron chi connectivity index (χ4n) is 2.08. The lowest BCUT2D eigenvalue weighted by Gasteiger charge is -2.11. The summed E-state index contributed by atoms with van der Waals surface area (Å²) in [6.45, 7) is 2.17. The zero-order chi connectivity index (χ0) is 17.4. The summed E-state index contributed by atoms with van der Waals surface area (Å²) in [5.41, 5.74) is 1.80. The average molecular weight is 328 g/mol. The molecule has 0 fully saturated rings. The Hall–Kier alpha value is -3.02. The number of nitrogens with one attached hydrogen (secondary N) is 2. The highest BCUT2D eigenvalue weighted by Crippen LogP contribution is 2.22. The van der Waals surface area contributed by atoms with Gasteiger partial charge in [0.2, 0.25) is 5.91 Å². The summed E-state index contributed by atoms with van der Waals surface area (Å²) >= 11 is 0. The van der Waals surface area contributed by atoms with E-state index < -0.39 is 0 Å². The Morgan fingerprint density at radius 2 is 1.75 bits per heavy atom. The van der Waals surface area contributed by atoms with E-state index in [0.717, 1.165) is 5.69 Å². The van der Waals surface area contributed by atoms with Crippen molar-refractivity contribution in [2.24, 2.45) is 0 Å². The van der Waals surface area contributed by atoms with Crippen LogP contribution in [0.3, 0.4) is 0 Å². The number of ether oxygens (including phenoxy) is 2. The van der Waals surface area contributed by atoms with Crippen LogP contribution in [-0.4, -0.2) is 32.1 Å². The van der Waals surface area contributed by atoms with Crippen molar-refractivity contribution in [3.63, 3.8) is 0 Å². The van der Waals surface area contributed by atoms with Gasteiger partial charge in [0.1, 0.15) is 5.75 Å². The first kappa shape index (κ1) is 17.3. The molecule has 0 bridgehead atoms. The van der Waals surface area contributed by atoms with E-state index in [1.54, 1.807) is 38.3 Å². The van der Waals surface area contributed by atoms with E-state index in [-0.39, 0.29) is 18.4 Å². The zero-order valence-corrected chi connectivity index (χ0v) is 13.7. The van der Waals surface area contributed by atoms with Crippen LogP contribution < -0.4 is 15.4 Å². The third kappa shape index (κ3) is 4.74. The number of hydrogen-bond acceptors (Lipinski definition) is 5. The molecule has 0 aliphatic heterocycles. The molecular weight excluding hydrogens is 308 g/mol. The van der Waals surface area contributed by atoms with Gasteiger partial charge in [-0.2, -0.15) is 0 Å². The van der Waals surface area contributed by atoms with Crippen LogP contribution >= 0.6 is 0 Å². The van der Waals surface area contributed by atoms with Crippen molar-refractivity contribution < 1.29 is 19.1 Å². The van der Waals surface area contributed by atoms with E-state index >= 15 is 0 Å². The standard InChI is InChI=1S/C18H20N2O4/c1-3-24-18(22)13-8-10-14(11-9-13)20-17(21)12-19-15-6-4-5-7-16(15)23-2/h4-11,19H,3,12H2,1-2H3,(H,20,21). The summed E-state index contributed by atoms with van der Waals surface area (Å²) in [5.74, 6) is 0.0853. The largest absolute Gasteiger partial charge is 0.495 e. The lowest BCUT2D eigenvalue weighted by atomic mass is 10.2. The predicted molar refractivity (Wildman–Crippen MR) is 92.5 cm³/mol. The number of carbonyl (C=O) groups is 2. The number of amides is 1. The van der Waals surface area contributed by atoms with Crippen LogP contribution in [0.4, 0.5) is 11.4 Å². The van der Waals surface area contributed by atoms with Crippen molar-refractivity contribution >= 4 is 23.3 Å². The van der Waals surface area contributed by atoms with Crippen molar-refractivity contribution in [2.45, 2.75) is 6.92 Å². The van der Waals surface area contributed by atoms with E-state index in [2.05, 4.69) is 10.6 Å². The molecule has 0 saturated heterocycles. The fraction of sp³-hybridized carbons (Fsp3) is 0.222. The quantitative estimate of drug-likeness (QED) is 0.764. The van der Waals surface area contributed by atoms with Crippen molar-refractivity contribution in [1.82, 2.24) is 0 Å². The molecule has 0 aliphatic rings. The topological polar surface area (TPSA) is 76.7 Å². The number of hydrogen-bond donors (Lipinski definition) is 2. The maximum absolute atomic E-state index is 12.0. The highest BCUT2D eigenvalue weighted by atomic mass is 16.5. The zero-order valence-electron chi connectivity index (χ0n) is 13.7. The minimum Gasteiger partial charge on any atom is -0.495 e. The fourth-order valence-corrected chi connectivity index (χ4v) is 2.08. The predicted octanol–water partition coefficient (Wildman–Crippen LogP) is 2.92. The number of para-hydroxylation sites is 2. The summed E-state index contributed by atoms with van der Waals surface area (Å²) in [5, 5.41) is 5.77. The number of esters is 1. The van der Waals surface area contributed by atoms with Gasteiger partial charge in [0.25, 0.3) is 0 Å². The molecule has 24 heavy (non-hydrogen) atoms. The third-order valence-electron chi connectivity index (χ3n) is 3.23. The molecule has 2 N–H and O–H groups in total. The van der Waals surface area contributed by atoms with Gasteiger partial charge in [0.15, 0.2) is 0 Å². The molecule has 2 aromatic rings. The first-order chi connectivity index (χ1) is 11.6. The molecule has 6 heteroatoms. The summed E-state index contributed by atoms with van der Waals surface area (Å²) < 4.78 is 10.1. The molecule has 0 radical (unpaired) electrons. The van der Waals surface area contributed by atoms with Crippen LogP contribution in [0.1, 0.15) is 17.3 Å². The van der Waals surface area contributed by atoms with Crippen LogP contribution in [0.5, 0.6) is 5.75 Å². The van der Waals surface area contributed by atoms with Crippen molar-refractivity contribution in [3.8, 4) is 5.75 Å². The molecule has 0 aliphatic carbocycles. The van der Waals surface area contributed by atoms with Crippen molar-refractivity contribution in [3.05, 3.63) is 54.1 Å². The normalized spacial score (nSPS) is 9.92. The van der Waals surface area contributed by atoms with Gasteiger partial charge in [-0.1, -0.05) is 12.1 Å². The number of methoxy groups -OCH3 is 1. The number of anilines is 2. The molecule has 126 valence electrons. The third-order valence-corrected chi connectivity index (χ3v) is 3.23. The molecule has 0 saturated carbocycles. The Kier molecular flexibility index (Phi) is 6.19. The minimum atomic E-state index is -0.381. The van der Waals surface area contributed by atoms with Gasteiger partial charge in [0, 0.05) is 5.69 Å². The summed E-state index contributed by atoms with van der Waals surface area (Å²) in [6, 6.07) is 13.9. The SMILES string of the molecule is CCOC(=O)c1ccc(NC(=O)CNc2ccccc2OC)cc1. The lowest BCUT2D eigenvalue weighted by molar-refractivity contribution is -0.114. The van der Waals surface area contributed by atoms with Gasteiger partial charge in [-0.25, -0.2) is 4.79 Å². The molecule has 0 heterocycles. The number of carbonyl (C=O) groups excluding carboxylic acids is 2. The molecule has 0 atom stereocenters. The summed E-state index contributed by atoms with van der Waals surface area (Å²) in [6.07, 6.45) is 0. The monoisotopic (exact) mass is 328 g/mol. The van der Waals surface area contributed by atoms with Crippen molar-refractivity contribution in [2.75, 3.05) is 30.9 Å². The van der Waals surface area contributed by atoms with E-state index in [1.807, 2.05) is 24.3 Å². The molecular formula is C18H20N2O4. The molecule has 2 aromatic carbocycles. The second kappa shape index (κ2) is 8.57. The van der Waals surface area contributed by atoms with Gasteiger partial charge in [-0.15, -0.1) is 0 Å². The number of rotatable bonds is 7. The van der Waals surface area contributed by atoms with Gasteiger partial charge in [0.05, 0.1) is 31.5 Å². The highest BCUT2D eigenvalue weighted by molar-refractivity contribution is 5.95. The van der Waals surface area contributed by atoms with E-state index in [9.17, 15) is 9.59 Å². The molecule has 2 rings (SSSR count). The minimum absolute atomic E-state index is 0.0972. The van der Waals surface area contributed by atoms with Crippen LogP contribution in [0.2, 0.25) is 0 Å². The molecule has 0 aromatic heterocycles. The lowest BCUT2D eigenvalue weighted by Crippen LogP contribution is -2.22. The molecule has 1 amide bonds. The first-order valence-corrected chi connectivity index (χ1v) is 7.58. The van der Waals surface area contributed by atoms with E-state index in [1.165, 1.54) is 0 Å². The van der Waals surface area contributed by atoms with Gasteiger partial charge >= 0.3 is 5.97 Å². The van der Waals surface area contributed by atoms with Crippen LogP contribution in [-0.2, 0) is 9.53 Å².